The number of nitro benzene ring substituents is 1. The van der Waals surface area contributed by atoms with Crippen LogP contribution in [0.2, 0.25) is 5.02 Å². The number of carbonyl (C=O) groups excluding carboxylic acids is 2. The van der Waals surface area contributed by atoms with E-state index in [0.29, 0.717) is 13.0 Å². The summed E-state index contributed by atoms with van der Waals surface area (Å²) < 4.78 is 10.1. The van der Waals surface area contributed by atoms with Crippen LogP contribution in [0.1, 0.15) is 15.9 Å². The second kappa shape index (κ2) is 9.54. The van der Waals surface area contributed by atoms with Crippen LogP contribution in [-0.2, 0) is 16.0 Å². The number of para-hydroxylation sites is 1. The van der Waals surface area contributed by atoms with Gasteiger partial charge in [0.2, 0.25) is 0 Å². The fourth-order valence-electron chi connectivity index (χ4n) is 2.29. The molecule has 0 radical (unpaired) electrons. The van der Waals surface area contributed by atoms with Crippen LogP contribution in [0.25, 0.3) is 0 Å². The number of nitro groups is 1. The van der Waals surface area contributed by atoms with Crippen LogP contribution in [0, 0.1) is 10.1 Å². The molecule has 9 heteroatoms. The Morgan fingerprint density at radius 1 is 1.22 bits per heavy atom. The number of amides is 1. The molecule has 0 aliphatic carbocycles. The predicted octanol–water partition coefficient (Wildman–Crippen LogP) is 2.77. The van der Waals surface area contributed by atoms with E-state index in [1.165, 1.54) is 12.1 Å². The van der Waals surface area contributed by atoms with Gasteiger partial charge in [-0.15, -0.1) is 0 Å². The third kappa shape index (κ3) is 5.68. The molecule has 0 unspecified atom stereocenters. The summed E-state index contributed by atoms with van der Waals surface area (Å²) in [5.74, 6) is -0.612. The maximum atomic E-state index is 11.9. The van der Waals surface area contributed by atoms with Gasteiger partial charge in [-0.2, -0.15) is 0 Å². The highest BCUT2D eigenvalue weighted by Gasteiger charge is 2.17. The van der Waals surface area contributed by atoms with Gasteiger partial charge in [0.25, 0.3) is 11.6 Å². The fourth-order valence-corrected chi connectivity index (χ4v) is 2.48. The fraction of sp³-hybridized carbons (Fsp3) is 0.222. The topological polar surface area (TPSA) is 108 Å². The summed E-state index contributed by atoms with van der Waals surface area (Å²) in [6, 6.07) is 10.9. The van der Waals surface area contributed by atoms with Crippen molar-refractivity contribution in [1.82, 2.24) is 5.32 Å². The molecule has 27 heavy (non-hydrogen) atoms. The van der Waals surface area contributed by atoms with Gasteiger partial charge in [-0.1, -0.05) is 29.8 Å². The summed E-state index contributed by atoms with van der Waals surface area (Å²) in [5, 5.41) is 13.4. The van der Waals surface area contributed by atoms with E-state index >= 15 is 0 Å². The second-order valence-electron chi connectivity index (χ2n) is 5.41. The van der Waals surface area contributed by atoms with Crippen molar-refractivity contribution in [3.05, 3.63) is 68.7 Å². The summed E-state index contributed by atoms with van der Waals surface area (Å²) in [6.45, 7) is -0.162. The van der Waals surface area contributed by atoms with Crippen molar-refractivity contribution in [1.29, 1.82) is 0 Å². The van der Waals surface area contributed by atoms with E-state index in [2.05, 4.69) is 5.32 Å². The van der Waals surface area contributed by atoms with Crippen LogP contribution in [0.5, 0.6) is 5.75 Å². The van der Waals surface area contributed by atoms with Gasteiger partial charge in [0.15, 0.2) is 6.61 Å². The lowest BCUT2D eigenvalue weighted by atomic mass is 10.1. The van der Waals surface area contributed by atoms with Gasteiger partial charge in [0.05, 0.1) is 17.6 Å². The van der Waals surface area contributed by atoms with Crippen LogP contribution in [0.3, 0.4) is 0 Å². The maximum Gasteiger partial charge on any atom is 0.338 e. The molecule has 1 N–H and O–H groups in total. The van der Waals surface area contributed by atoms with E-state index in [9.17, 15) is 19.7 Å². The number of hydrogen-bond donors (Lipinski definition) is 1. The van der Waals surface area contributed by atoms with Crippen molar-refractivity contribution >= 4 is 29.2 Å². The van der Waals surface area contributed by atoms with Crippen LogP contribution in [-0.4, -0.2) is 37.1 Å². The predicted molar refractivity (Wildman–Crippen MR) is 98.1 cm³/mol. The number of carbonyl (C=O) groups is 2. The molecule has 0 aliphatic heterocycles. The number of rotatable bonds is 8. The van der Waals surface area contributed by atoms with Gasteiger partial charge in [-0.25, -0.2) is 4.79 Å². The lowest BCUT2D eigenvalue weighted by molar-refractivity contribution is -0.384. The number of nitrogens with zero attached hydrogens (tertiary/aromatic N) is 1. The summed E-state index contributed by atoms with van der Waals surface area (Å²) in [7, 11) is 1.57. The Kier molecular flexibility index (Phi) is 7.13. The van der Waals surface area contributed by atoms with Crippen molar-refractivity contribution in [2.75, 3.05) is 20.3 Å². The highest BCUT2D eigenvalue weighted by Crippen LogP contribution is 2.25. The number of nitrogens with one attached hydrogen (secondary N) is 1. The molecule has 142 valence electrons. The molecule has 2 aromatic rings. The van der Waals surface area contributed by atoms with E-state index < -0.39 is 29.1 Å². The molecular formula is C18H17ClN2O6. The first-order valence-electron chi connectivity index (χ1n) is 7.92. The first kappa shape index (κ1) is 20.2. The molecule has 0 saturated carbocycles. The largest absolute Gasteiger partial charge is 0.496 e. The molecule has 0 saturated heterocycles. The van der Waals surface area contributed by atoms with Crippen molar-refractivity contribution in [2.24, 2.45) is 0 Å². The van der Waals surface area contributed by atoms with Gasteiger partial charge in [-0.05, 0) is 30.2 Å². The zero-order valence-corrected chi connectivity index (χ0v) is 15.2. The maximum absolute atomic E-state index is 11.9. The van der Waals surface area contributed by atoms with Crippen molar-refractivity contribution in [3.8, 4) is 5.75 Å². The normalized spacial score (nSPS) is 10.1. The number of halogens is 1. The minimum Gasteiger partial charge on any atom is -0.496 e. The van der Waals surface area contributed by atoms with Crippen LogP contribution in [0.15, 0.2) is 42.5 Å². The van der Waals surface area contributed by atoms with Crippen LogP contribution >= 0.6 is 11.6 Å². The molecule has 0 aliphatic rings. The zero-order chi connectivity index (χ0) is 19.8. The van der Waals surface area contributed by atoms with E-state index in [-0.39, 0.29) is 10.6 Å². The molecule has 0 atom stereocenters. The van der Waals surface area contributed by atoms with E-state index in [1.54, 1.807) is 7.11 Å². The summed E-state index contributed by atoms with van der Waals surface area (Å²) >= 11 is 5.69. The highest BCUT2D eigenvalue weighted by molar-refractivity contribution is 6.32. The molecule has 0 bridgehead atoms. The number of esters is 1. The van der Waals surface area contributed by atoms with Gasteiger partial charge in [0.1, 0.15) is 10.8 Å². The smallest absolute Gasteiger partial charge is 0.338 e. The molecule has 0 heterocycles. The summed E-state index contributed by atoms with van der Waals surface area (Å²) in [6.07, 6.45) is 0.549. The van der Waals surface area contributed by atoms with E-state index in [0.717, 1.165) is 17.4 Å². The number of methoxy groups -OCH3 is 1. The zero-order valence-electron chi connectivity index (χ0n) is 14.4. The standard InChI is InChI=1S/C18H17ClN2O6/c1-26-16-5-3-2-4-12(16)8-9-20-17(22)11-27-18(23)13-6-7-14(19)15(10-13)21(24)25/h2-7,10H,8-9,11H2,1H3,(H,20,22). The summed E-state index contributed by atoms with van der Waals surface area (Å²) in [5.41, 5.74) is 0.464. The Morgan fingerprint density at radius 3 is 2.67 bits per heavy atom. The third-order valence-corrected chi connectivity index (χ3v) is 3.94. The average molecular weight is 393 g/mol. The number of benzene rings is 2. The van der Waals surface area contributed by atoms with Gasteiger partial charge < -0.3 is 14.8 Å². The molecule has 0 spiro atoms. The molecule has 0 aromatic heterocycles. The Bertz CT molecular complexity index is 855. The Hall–Kier alpha value is -3.13. The second-order valence-corrected chi connectivity index (χ2v) is 5.82. The van der Waals surface area contributed by atoms with Crippen LogP contribution in [0.4, 0.5) is 5.69 Å². The molecule has 1 amide bonds. The Balaban J connectivity index is 1.82. The minimum absolute atomic E-state index is 0.0621. The Labute approximate surface area is 160 Å². The van der Waals surface area contributed by atoms with Gasteiger partial charge in [-0.3, -0.25) is 14.9 Å². The van der Waals surface area contributed by atoms with E-state index in [1.807, 2.05) is 24.3 Å². The van der Waals surface area contributed by atoms with Crippen LogP contribution < -0.4 is 10.1 Å². The number of ether oxygens (including phenoxy) is 2. The average Bonchev–Trinajstić information content (AvgIpc) is 2.66. The highest BCUT2D eigenvalue weighted by atomic mass is 35.5. The third-order valence-electron chi connectivity index (χ3n) is 3.62. The lowest BCUT2D eigenvalue weighted by Crippen LogP contribution is -2.30. The van der Waals surface area contributed by atoms with E-state index in [4.69, 9.17) is 21.1 Å². The SMILES string of the molecule is COc1ccccc1CCNC(=O)COC(=O)c1ccc(Cl)c([N+](=O)[O-])c1. The molecular weight excluding hydrogens is 376 g/mol. The first-order chi connectivity index (χ1) is 12.9. The lowest BCUT2D eigenvalue weighted by Gasteiger charge is -2.09. The molecule has 2 aromatic carbocycles. The number of hydrogen-bond acceptors (Lipinski definition) is 6. The Morgan fingerprint density at radius 2 is 1.96 bits per heavy atom. The van der Waals surface area contributed by atoms with Crippen molar-refractivity contribution < 1.29 is 24.0 Å². The quantitative estimate of drug-likeness (QED) is 0.420. The summed E-state index contributed by atoms with van der Waals surface area (Å²) in [4.78, 5) is 33.9. The van der Waals surface area contributed by atoms with Gasteiger partial charge >= 0.3 is 5.97 Å². The monoisotopic (exact) mass is 392 g/mol. The van der Waals surface area contributed by atoms with Gasteiger partial charge in [0, 0.05) is 12.6 Å². The minimum atomic E-state index is -0.852. The first-order valence-corrected chi connectivity index (χ1v) is 8.30. The molecule has 0 fully saturated rings. The molecule has 8 nitrogen and oxygen atoms in total. The van der Waals surface area contributed by atoms with Crippen molar-refractivity contribution in [3.63, 3.8) is 0 Å². The molecule has 2 rings (SSSR count). The van der Waals surface area contributed by atoms with Crippen molar-refractivity contribution in [2.45, 2.75) is 6.42 Å².